The summed E-state index contributed by atoms with van der Waals surface area (Å²) in [6.07, 6.45) is 2.13. The molecule has 1 aliphatic heterocycles. The predicted molar refractivity (Wildman–Crippen MR) is 114 cm³/mol. The molecule has 0 aliphatic carbocycles. The number of anilines is 1. The summed E-state index contributed by atoms with van der Waals surface area (Å²) in [5, 5.41) is 2.89. The molecule has 2 amide bonds. The van der Waals surface area contributed by atoms with Crippen molar-refractivity contribution in [1.29, 1.82) is 0 Å². The normalized spacial score (nSPS) is 13.3. The van der Waals surface area contributed by atoms with Crippen molar-refractivity contribution in [2.45, 2.75) is 19.8 Å². The number of aryl methyl sites for hydroxylation is 1. The van der Waals surface area contributed by atoms with Crippen molar-refractivity contribution in [2.75, 3.05) is 18.4 Å². The van der Waals surface area contributed by atoms with Crippen LogP contribution in [0.25, 0.3) is 11.3 Å². The molecule has 2 heterocycles. The zero-order valence-electron chi connectivity index (χ0n) is 16.4. The third-order valence-electron chi connectivity index (χ3n) is 5.18. The lowest BCUT2D eigenvalue weighted by Gasteiger charge is -2.15. The molecule has 29 heavy (non-hydrogen) atoms. The maximum absolute atomic E-state index is 12.7. The molecule has 0 atom stereocenters. The van der Waals surface area contributed by atoms with E-state index in [4.69, 9.17) is 0 Å². The van der Waals surface area contributed by atoms with Crippen molar-refractivity contribution < 1.29 is 9.59 Å². The fraction of sp³-hybridized carbons (Fsp3) is 0.208. The van der Waals surface area contributed by atoms with E-state index >= 15 is 0 Å². The molecule has 4 rings (SSSR count). The fourth-order valence-electron chi connectivity index (χ4n) is 3.57. The molecule has 0 spiro atoms. The summed E-state index contributed by atoms with van der Waals surface area (Å²) in [6, 6.07) is 20.6. The van der Waals surface area contributed by atoms with E-state index < -0.39 is 0 Å². The number of rotatable bonds is 4. The largest absolute Gasteiger partial charge is 0.339 e. The van der Waals surface area contributed by atoms with Crippen molar-refractivity contribution in [1.82, 2.24) is 9.88 Å². The van der Waals surface area contributed by atoms with Gasteiger partial charge >= 0.3 is 0 Å². The highest BCUT2D eigenvalue weighted by Crippen LogP contribution is 2.20. The first-order valence-electron chi connectivity index (χ1n) is 9.85. The number of nitrogens with zero attached hydrogens (tertiary/aromatic N) is 2. The molecule has 0 saturated carbocycles. The minimum absolute atomic E-state index is 0.0527. The second-order valence-electron chi connectivity index (χ2n) is 7.23. The molecule has 2 aromatic carbocycles. The summed E-state index contributed by atoms with van der Waals surface area (Å²) < 4.78 is 0. The topological polar surface area (TPSA) is 62.3 Å². The van der Waals surface area contributed by atoms with Gasteiger partial charge in [-0.2, -0.15) is 0 Å². The van der Waals surface area contributed by atoms with E-state index in [2.05, 4.69) is 10.3 Å². The summed E-state index contributed by atoms with van der Waals surface area (Å²) in [5.41, 5.74) is 4.35. The van der Waals surface area contributed by atoms with Gasteiger partial charge in [0.15, 0.2) is 0 Å². The van der Waals surface area contributed by atoms with Gasteiger partial charge in [-0.1, -0.05) is 30.3 Å². The Morgan fingerprint density at radius 1 is 0.897 bits per heavy atom. The molecule has 0 unspecified atom stereocenters. The SMILES string of the molecule is Cc1nc(-c2ccccc2)ccc1C(=O)Nc1ccc(C(=O)N2CCCC2)cc1. The van der Waals surface area contributed by atoms with Gasteiger partial charge in [0.05, 0.1) is 17.0 Å². The molecule has 1 N–H and O–H groups in total. The first kappa shape index (κ1) is 18.9. The lowest BCUT2D eigenvalue weighted by Crippen LogP contribution is -2.27. The number of amides is 2. The Labute approximate surface area is 170 Å². The highest BCUT2D eigenvalue weighted by molar-refractivity contribution is 6.05. The van der Waals surface area contributed by atoms with E-state index in [1.54, 1.807) is 30.3 Å². The molecule has 1 aromatic heterocycles. The Morgan fingerprint density at radius 3 is 2.24 bits per heavy atom. The first-order valence-corrected chi connectivity index (χ1v) is 9.85. The number of aromatic nitrogens is 1. The molecule has 0 bridgehead atoms. The average molecular weight is 385 g/mol. The van der Waals surface area contributed by atoms with Gasteiger partial charge < -0.3 is 10.2 Å². The molecule has 0 radical (unpaired) electrons. The number of nitrogens with one attached hydrogen (secondary N) is 1. The summed E-state index contributed by atoms with van der Waals surface area (Å²) in [5.74, 6) is -0.162. The average Bonchev–Trinajstić information content (AvgIpc) is 3.29. The molecular formula is C24H23N3O2. The Bertz CT molecular complexity index is 1020. The van der Waals surface area contributed by atoms with Gasteiger partial charge in [-0.25, -0.2) is 0 Å². The van der Waals surface area contributed by atoms with Crippen LogP contribution in [0.1, 0.15) is 39.3 Å². The van der Waals surface area contributed by atoms with E-state index in [-0.39, 0.29) is 11.8 Å². The van der Waals surface area contributed by atoms with E-state index in [0.717, 1.165) is 37.2 Å². The minimum Gasteiger partial charge on any atom is -0.339 e. The maximum Gasteiger partial charge on any atom is 0.257 e. The number of hydrogen-bond donors (Lipinski definition) is 1. The van der Waals surface area contributed by atoms with Crippen molar-refractivity contribution in [2.24, 2.45) is 0 Å². The molecule has 146 valence electrons. The number of carbonyl (C=O) groups excluding carboxylic acids is 2. The first-order chi connectivity index (χ1) is 14.1. The van der Waals surface area contributed by atoms with Crippen LogP contribution in [-0.4, -0.2) is 34.8 Å². The second kappa shape index (κ2) is 8.27. The second-order valence-corrected chi connectivity index (χ2v) is 7.23. The van der Waals surface area contributed by atoms with Crippen molar-refractivity contribution in [3.63, 3.8) is 0 Å². The lowest BCUT2D eigenvalue weighted by molar-refractivity contribution is 0.0792. The van der Waals surface area contributed by atoms with Gasteiger partial charge in [0.1, 0.15) is 0 Å². The smallest absolute Gasteiger partial charge is 0.257 e. The van der Waals surface area contributed by atoms with Gasteiger partial charge in [0, 0.05) is 29.9 Å². The zero-order valence-corrected chi connectivity index (χ0v) is 16.4. The molecule has 1 fully saturated rings. The Morgan fingerprint density at radius 2 is 1.59 bits per heavy atom. The minimum atomic E-state index is -0.215. The molecule has 5 heteroatoms. The van der Waals surface area contributed by atoms with Crippen LogP contribution in [0.3, 0.4) is 0 Å². The van der Waals surface area contributed by atoms with Crippen molar-refractivity contribution in [3.8, 4) is 11.3 Å². The Hall–Kier alpha value is -3.47. The quantitative estimate of drug-likeness (QED) is 0.717. The summed E-state index contributed by atoms with van der Waals surface area (Å²) in [7, 11) is 0. The summed E-state index contributed by atoms with van der Waals surface area (Å²) in [6.45, 7) is 3.48. The summed E-state index contributed by atoms with van der Waals surface area (Å²) >= 11 is 0. The lowest BCUT2D eigenvalue weighted by atomic mass is 10.1. The van der Waals surface area contributed by atoms with Gasteiger partial charge in [0.25, 0.3) is 11.8 Å². The van der Waals surface area contributed by atoms with Gasteiger partial charge in [-0.3, -0.25) is 14.6 Å². The van der Waals surface area contributed by atoms with Crippen LogP contribution in [0.15, 0.2) is 66.7 Å². The zero-order chi connectivity index (χ0) is 20.2. The van der Waals surface area contributed by atoms with E-state index in [1.165, 1.54) is 0 Å². The van der Waals surface area contributed by atoms with Crippen LogP contribution in [0.4, 0.5) is 5.69 Å². The highest BCUT2D eigenvalue weighted by atomic mass is 16.2. The van der Waals surface area contributed by atoms with Crippen LogP contribution in [0.5, 0.6) is 0 Å². The summed E-state index contributed by atoms with van der Waals surface area (Å²) in [4.78, 5) is 31.6. The van der Waals surface area contributed by atoms with Gasteiger partial charge in [0.2, 0.25) is 0 Å². The Balaban J connectivity index is 1.46. The molecule has 1 aliphatic rings. The predicted octanol–water partition coefficient (Wildman–Crippen LogP) is 4.55. The van der Waals surface area contributed by atoms with E-state index in [9.17, 15) is 9.59 Å². The molecule has 3 aromatic rings. The molecule has 1 saturated heterocycles. The number of hydrogen-bond acceptors (Lipinski definition) is 3. The molecular weight excluding hydrogens is 362 g/mol. The maximum atomic E-state index is 12.7. The third-order valence-corrected chi connectivity index (χ3v) is 5.18. The highest BCUT2D eigenvalue weighted by Gasteiger charge is 2.19. The van der Waals surface area contributed by atoms with Crippen LogP contribution >= 0.6 is 0 Å². The van der Waals surface area contributed by atoms with Crippen LogP contribution in [-0.2, 0) is 0 Å². The van der Waals surface area contributed by atoms with Crippen molar-refractivity contribution in [3.05, 3.63) is 83.6 Å². The van der Waals surface area contributed by atoms with Crippen LogP contribution in [0, 0.1) is 6.92 Å². The van der Waals surface area contributed by atoms with Crippen LogP contribution < -0.4 is 5.32 Å². The van der Waals surface area contributed by atoms with Gasteiger partial charge in [-0.05, 0) is 56.2 Å². The van der Waals surface area contributed by atoms with E-state index in [1.807, 2.05) is 48.2 Å². The monoisotopic (exact) mass is 385 g/mol. The number of carbonyl (C=O) groups is 2. The third kappa shape index (κ3) is 4.19. The van der Waals surface area contributed by atoms with Gasteiger partial charge in [-0.15, -0.1) is 0 Å². The van der Waals surface area contributed by atoms with Crippen LogP contribution in [0.2, 0.25) is 0 Å². The fourth-order valence-corrected chi connectivity index (χ4v) is 3.57. The van der Waals surface area contributed by atoms with E-state index in [0.29, 0.717) is 22.5 Å². The standard InChI is InChI=1S/C24H23N3O2/c1-17-21(13-14-22(25-17)18-7-3-2-4-8-18)23(28)26-20-11-9-19(10-12-20)24(29)27-15-5-6-16-27/h2-4,7-14H,5-6,15-16H2,1H3,(H,26,28). The molecule has 5 nitrogen and oxygen atoms in total. The van der Waals surface area contributed by atoms with Crippen molar-refractivity contribution >= 4 is 17.5 Å². The number of pyridine rings is 1. The number of benzene rings is 2. The number of likely N-dealkylation sites (tertiary alicyclic amines) is 1. The Kier molecular flexibility index (Phi) is 5.38.